The molecule has 0 amide bonds. The zero-order valence-electron chi connectivity index (χ0n) is 15.5. The minimum Gasteiger partial charge on any atom is -0.392 e. The van der Waals surface area contributed by atoms with Gasteiger partial charge in [-0.05, 0) is 72.3 Å². The van der Waals surface area contributed by atoms with Crippen LogP contribution in [0, 0.1) is 18.6 Å². The van der Waals surface area contributed by atoms with E-state index in [2.05, 4.69) is 32.7 Å². The first kappa shape index (κ1) is 20.9. The number of benzene rings is 1. The third-order valence-corrected chi connectivity index (χ3v) is 7.42. The van der Waals surface area contributed by atoms with Crippen LogP contribution in [-0.2, 0) is 12.0 Å². The molecule has 6 heteroatoms. The maximum atomic E-state index is 13.7. The van der Waals surface area contributed by atoms with Crippen molar-refractivity contribution in [3.8, 4) is 0 Å². The Morgan fingerprint density at radius 3 is 2.44 bits per heavy atom. The Morgan fingerprint density at radius 2 is 1.85 bits per heavy atom. The predicted octanol–water partition coefficient (Wildman–Crippen LogP) is 5.84. The molecule has 1 aromatic heterocycles. The summed E-state index contributed by atoms with van der Waals surface area (Å²) >= 11 is 5.29. The molecule has 2 N–H and O–H groups in total. The SMILES string of the molecule is Cc1c(F)cc(CCC(O)CNC2(c3cc(Br)cs3)CCCCC2)cc1F. The second-order valence-corrected chi connectivity index (χ2v) is 9.36. The average molecular weight is 458 g/mol. The fraction of sp³-hybridized carbons (Fsp3) is 0.524. The van der Waals surface area contributed by atoms with E-state index >= 15 is 0 Å². The molecule has 1 aromatic carbocycles. The van der Waals surface area contributed by atoms with Crippen molar-refractivity contribution in [3.63, 3.8) is 0 Å². The van der Waals surface area contributed by atoms with Gasteiger partial charge in [-0.1, -0.05) is 19.3 Å². The number of hydrogen-bond donors (Lipinski definition) is 2. The lowest BCUT2D eigenvalue weighted by atomic mass is 9.80. The van der Waals surface area contributed by atoms with Crippen LogP contribution in [0.1, 0.15) is 54.5 Å². The smallest absolute Gasteiger partial charge is 0.129 e. The first-order valence-electron chi connectivity index (χ1n) is 9.52. The summed E-state index contributed by atoms with van der Waals surface area (Å²) < 4.78 is 28.5. The third kappa shape index (κ3) is 5.17. The van der Waals surface area contributed by atoms with Crippen molar-refractivity contribution < 1.29 is 13.9 Å². The monoisotopic (exact) mass is 457 g/mol. The molecule has 1 saturated carbocycles. The van der Waals surface area contributed by atoms with Crippen LogP contribution in [0.2, 0.25) is 0 Å². The molecule has 3 rings (SSSR count). The van der Waals surface area contributed by atoms with Crippen LogP contribution in [0.5, 0.6) is 0 Å². The largest absolute Gasteiger partial charge is 0.392 e. The fourth-order valence-electron chi connectivity index (χ4n) is 3.82. The number of rotatable bonds is 7. The Labute approximate surface area is 172 Å². The van der Waals surface area contributed by atoms with Crippen molar-refractivity contribution in [1.29, 1.82) is 0 Å². The zero-order valence-corrected chi connectivity index (χ0v) is 17.9. The molecule has 1 aliphatic rings. The minimum absolute atomic E-state index is 0.0438. The van der Waals surface area contributed by atoms with E-state index in [0.29, 0.717) is 24.9 Å². The van der Waals surface area contributed by atoms with Gasteiger partial charge >= 0.3 is 0 Å². The van der Waals surface area contributed by atoms with E-state index in [9.17, 15) is 13.9 Å². The first-order valence-corrected chi connectivity index (χ1v) is 11.2. The molecular weight excluding hydrogens is 432 g/mol. The highest BCUT2D eigenvalue weighted by Gasteiger charge is 2.35. The highest BCUT2D eigenvalue weighted by atomic mass is 79.9. The molecule has 2 nitrogen and oxygen atoms in total. The first-order chi connectivity index (χ1) is 12.9. The van der Waals surface area contributed by atoms with Crippen molar-refractivity contribution in [1.82, 2.24) is 5.32 Å². The molecular formula is C21H26BrF2NOS. The standard InChI is InChI=1S/C21H26BrF2NOS/c1-14-18(23)9-15(10-19(14)24)5-6-17(26)12-25-21(7-3-2-4-8-21)20-11-16(22)13-27-20/h9-11,13,17,25-26H,2-8,12H2,1H3. The van der Waals surface area contributed by atoms with Crippen LogP contribution in [0.15, 0.2) is 28.1 Å². The van der Waals surface area contributed by atoms with Crippen LogP contribution < -0.4 is 5.32 Å². The molecule has 1 fully saturated rings. The molecule has 0 bridgehead atoms. The number of halogens is 3. The number of aliphatic hydroxyl groups excluding tert-OH is 1. The summed E-state index contributed by atoms with van der Waals surface area (Å²) in [6.07, 6.45) is 6.12. The molecule has 1 atom stereocenters. The molecule has 148 valence electrons. The Bertz CT molecular complexity index is 750. The van der Waals surface area contributed by atoms with Crippen molar-refractivity contribution in [3.05, 3.63) is 55.7 Å². The lowest BCUT2D eigenvalue weighted by Crippen LogP contribution is -2.46. The van der Waals surface area contributed by atoms with Crippen molar-refractivity contribution in [2.75, 3.05) is 6.54 Å². The molecule has 1 aliphatic carbocycles. The van der Waals surface area contributed by atoms with Gasteiger partial charge in [0.2, 0.25) is 0 Å². The second-order valence-electron chi connectivity index (χ2n) is 7.53. The van der Waals surface area contributed by atoms with Gasteiger partial charge in [0.15, 0.2) is 0 Å². The molecule has 0 aliphatic heterocycles. The van der Waals surface area contributed by atoms with E-state index in [1.807, 2.05) is 0 Å². The van der Waals surface area contributed by atoms with E-state index in [1.54, 1.807) is 11.3 Å². The average Bonchev–Trinajstić information content (AvgIpc) is 3.10. The van der Waals surface area contributed by atoms with Crippen LogP contribution in [0.3, 0.4) is 0 Å². The van der Waals surface area contributed by atoms with Gasteiger partial charge in [0.05, 0.1) is 11.6 Å². The summed E-state index contributed by atoms with van der Waals surface area (Å²) in [4.78, 5) is 1.31. The summed E-state index contributed by atoms with van der Waals surface area (Å²) in [5, 5.41) is 16.2. The molecule has 0 spiro atoms. The van der Waals surface area contributed by atoms with Gasteiger partial charge in [0.25, 0.3) is 0 Å². The number of aliphatic hydroxyl groups is 1. The van der Waals surface area contributed by atoms with E-state index in [4.69, 9.17) is 0 Å². The van der Waals surface area contributed by atoms with Crippen molar-refractivity contribution in [2.24, 2.45) is 0 Å². The van der Waals surface area contributed by atoms with Gasteiger partial charge in [-0.25, -0.2) is 8.78 Å². The second kappa shape index (κ2) is 9.12. The predicted molar refractivity (Wildman–Crippen MR) is 110 cm³/mol. The highest BCUT2D eigenvalue weighted by molar-refractivity contribution is 9.10. The Hall–Kier alpha value is -0.820. The summed E-state index contributed by atoms with van der Waals surface area (Å²) in [6.45, 7) is 1.91. The topological polar surface area (TPSA) is 32.3 Å². The molecule has 0 radical (unpaired) electrons. The quantitative estimate of drug-likeness (QED) is 0.547. The summed E-state index contributed by atoms with van der Waals surface area (Å²) in [6, 6.07) is 4.90. The van der Waals surface area contributed by atoms with Gasteiger partial charge < -0.3 is 10.4 Å². The lowest BCUT2D eigenvalue weighted by molar-refractivity contribution is 0.133. The molecule has 1 heterocycles. The van der Waals surface area contributed by atoms with Crippen molar-refractivity contribution >= 4 is 27.3 Å². The minimum atomic E-state index is -0.556. The summed E-state index contributed by atoms with van der Waals surface area (Å²) in [5.74, 6) is -1.05. The third-order valence-electron chi connectivity index (χ3n) is 5.53. The molecule has 0 saturated heterocycles. The lowest BCUT2D eigenvalue weighted by Gasteiger charge is -2.38. The van der Waals surface area contributed by atoms with Crippen LogP contribution in [0.4, 0.5) is 8.78 Å². The fourth-order valence-corrected chi connectivity index (χ4v) is 5.49. The Morgan fingerprint density at radius 1 is 1.19 bits per heavy atom. The zero-order chi connectivity index (χ0) is 19.4. The molecule has 2 aromatic rings. The molecule has 27 heavy (non-hydrogen) atoms. The number of nitrogens with one attached hydrogen (secondary N) is 1. The van der Waals surface area contributed by atoms with Gasteiger partial charge in [-0.3, -0.25) is 0 Å². The maximum Gasteiger partial charge on any atom is 0.129 e. The van der Waals surface area contributed by atoms with Crippen LogP contribution in [-0.4, -0.2) is 17.8 Å². The van der Waals surface area contributed by atoms with Gasteiger partial charge in [0.1, 0.15) is 11.6 Å². The van der Waals surface area contributed by atoms with E-state index < -0.39 is 17.7 Å². The number of aryl methyl sites for hydroxylation is 1. The molecule has 1 unspecified atom stereocenters. The number of thiophene rings is 1. The van der Waals surface area contributed by atoms with E-state index in [0.717, 1.165) is 17.3 Å². The van der Waals surface area contributed by atoms with E-state index in [-0.39, 0.29) is 11.1 Å². The normalized spacial score (nSPS) is 17.8. The highest BCUT2D eigenvalue weighted by Crippen LogP contribution is 2.41. The van der Waals surface area contributed by atoms with E-state index in [1.165, 1.54) is 43.2 Å². The van der Waals surface area contributed by atoms with Gasteiger partial charge in [-0.2, -0.15) is 0 Å². The van der Waals surface area contributed by atoms with Crippen LogP contribution in [0.25, 0.3) is 0 Å². The summed E-state index contributed by atoms with van der Waals surface area (Å²) in [5.41, 5.74) is 0.560. The number of hydrogen-bond acceptors (Lipinski definition) is 3. The van der Waals surface area contributed by atoms with Gasteiger partial charge in [-0.15, -0.1) is 11.3 Å². The van der Waals surface area contributed by atoms with Crippen LogP contribution >= 0.6 is 27.3 Å². The summed E-state index contributed by atoms with van der Waals surface area (Å²) in [7, 11) is 0. The van der Waals surface area contributed by atoms with Gasteiger partial charge in [0, 0.05) is 26.8 Å². The maximum absolute atomic E-state index is 13.7. The Kier molecular flexibility index (Phi) is 7.06. The van der Waals surface area contributed by atoms with Crippen molar-refractivity contribution in [2.45, 2.75) is 63.5 Å². The Balaban J connectivity index is 1.59.